The van der Waals surface area contributed by atoms with E-state index in [1.165, 1.54) is 0 Å². The van der Waals surface area contributed by atoms with Crippen LogP contribution in [-0.2, 0) is 16.1 Å². The molecule has 0 saturated heterocycles. The number of nitrogens with one attached hydrogen (secondary N) is 2. The molecule has 25 heavy (non-hydrogen) atoms. The van der Waals surface area contributed by atoms with Crippen LogP contribution >= 0.6 is 11.8 Å². The van der Waals surface area contributed by atoms with E-state index in [1.807, 2.05) is 36.4 Å². The molecule has 1 heterocycles. The molecule has 128 valence electrons. The van der Waals surface area contributed by atoms with Gasteiger partial charge in [-0.05, 0) is 5.56 Å². The zero-order chi connectivity index (χ0) is 18.4. The number of benzene rings is 1. The fourth-order valence-corrected chi connectivity index (χ4v) is 3.52. The SMILES string of the molecule is CC1(C)C(C#N)=C(SCC(=O)NCc2ccccc2)NC(=O)[C@H]1C#N. The van der Waals surface area contributed by atoms with Gasteiger partial charge in [0.25, 0.3) is 0 Å². The van der Waals surface area contributed by atoms with Gasteiger partial charge in [-0.15, -0.1) is 0 Å². The molecular formula is C18H18N4O2S. The summed E-state index contributed by atoms with van der Waals surface area (Å²) < 4.78 is 0. The largest absolute Gasteiger partial charge is 0.351 e. The first kappa shape index (κ1) is 18.6. The lowest BCUT2D eigenvalue weighted by Crippen LogP contribution is -2.44. The summed E-state index contributed by atoms with van der Waals surface area (Å²) in [5.41, 5.74) is 0.413. The molecule has 1 atom stereocenters. The molecule has 1 aromatic rings. The highest BCUT2D eigenvalue weighted by Crippen LogP contribution is 2.41. The Balaban J connectivity index is 2.02. The van der Waals surface area contributed by atoms with Crippen LogP contribution in [0.5, 0.6) is 0 Å². The van der Waals surface area contributed by atoms with E-state index in [9.17, 15) is 20.1 Å². The molecule has 0 unspecified atom stereocenters. The van der Waals surface area contributed by atoms with Crippen molar-refractivity contribution in [2.45, 2.75) is 20.4 Å². The van der Waals surface area contributed by atoms with Crippen molar-refractivity contribution in [2.75, 3.05) is 5.75 Å². The summed E-state index contributed by atoms with van der Waals surface area (Å²) in [4.78, 5) is 24.1. The van der Waals surface area contributed by atoms with Gasteiger partial charge in [-0.1, -0.05) is 55.9 Å². The first-order valence-electron chi connectivity index (χ1n) is 7.69. The minimum absolute atomic E-state index is 0.0704. The third-order valence-electron chi connectivity index (χ3n) is 4.01. The molecule has 0 aliphatic carbocycles. The van der Waals surface area contributed by atoms with Crippen molar-refractivity contribution in [1.82, 2.24) is 10.6 Å². The predicted molar refractivity (Wildman–Crippen MR) is 94.4 cm³/mol. The van der Waals surface area contributed by atoms with Crippen molar-refractivity contribution in [3.63, 3.8) is 0 Å². The van der Waals surface area contributed by atoms with Gasteiger partial charge in [-0.3, -0.25) is 9.59 Å². The Morgan fingerprint density at radius 3 is 2.60 bits per heavy atom. The van der Waals surface area contributed by atoms with Gasteiger partial charge in [0.05, 0.1) is 28.5 Å². The maximum absolute atomic E-state index is 12.1. The molecule has 7 heteroatoms. The first-order chi connectivity index (χ1) is 11.9. The van der Waals surface area contributed by atoms with Crippen LogP contribution in [0.3, 0.4) is 0 Å². The van der Waals surface area contributed by atoms with Gasteiger partial charge in [0.15, 0.2) is 0 Å². The summed E-state index contributed by atoms with van der Waals surface area (Å²) in [6, 6.07) is 13.5. The highest BCUT2D eigenvalue weighted by molar-refractivity contribution is 8.03. The molecule has 0 aromatic heterocycles. The maximum Gasteiger partial charge on any atom is 0.243 e. The van der Waals surface area contributed by atoms with Gasteiger partial charge in [0, 0.05) is 12.0 Å². The van der Waals surface area contributed by atoms with Crippen molar-refractivity contribution >= 4 is 23.6 Å². The lowest BCUT2D eigenvalue weighted by molar-refractivity contribution is -0.125. The Morgan fingerprint density at radius 2 is 2.00 bits per heavy atom. The van der Waals surface area contributed by atoms with Crippen LogP contribution in [0.15, 0.2) is 40.9 Å². The number of carbonyl (C=O) groups excluding carboxylic acids is 2. The molecular weight excluding hydrogens is 336 g/mol. The van der Waals surface area contributed by atoms with Crippen LogP contribution in [0.25, 0.3) is 0 Å². The lowest BCUT2D eigenvalue weighted by atomic mass is 9.72. The lowest BCUT2D eigenvalue weighted by Gasteiger charge is -2.34. The average molecular weight is 354 g/mol. The van der Waals surface area contributed by atoms with E-state index in [0.717, 1.165) is 17.3 Å². The number of rotatable bonds is 5. The van der Waals surface area contributed by atoms with Gasteiger partial charge in [0.2, 0.25) is 11.8 Å². The van der Waals surface area contributed by atoms with Crippen molar-refractivity contribution in [2.24, 2.45) is 11.3 Å². The second-order valence-electron chi connectivity index (χ2n) is 6.14. The molecule has 2 amide bonds. The summed E-state index contributed by atoms with van der Waals surface area (Å²) in [5.74, 6) is -1.51. The maximum atomic E-state index is 12.1. The number of carbonyl (C=O) groups is 2. The van der Waals surface area contributed by atoms with Gasteiger partial charge in [-0.25, -0.2) is 0 Å². The smallest absolute Gasteiger partial charge is 0.243 e. The van der Waals surface area contributed by atoms with Crippen molar-refractivity contribution in [1.29, 1.82) is 10.5 Å². The number of allylic oxidation sites excluding steroid dienone is 1. The Labute approximate surface area is 150 Å². The second-order valence-corrected chi connectivity index (χ2v) is 7.13. The zero-order valence-electron chi connectivity index (χ0n) is 14.0. The number of nitrogens with zero attached hydrogens (tertiary/aromatic N) is 2. The number of nitriles is 2. The van der Waals surface area contributed by atoms with E-state index in [-0.39, 0.29) is 11.7 Å². The first-order valence-corrected chi connectivity index (χ1v) is 8.67. The number of thioether (sulfide) groups is 1. The van der Waals surface area contributed by atoms with Gasteiger partial charge in [0.1, 0.15) is 5.92 Å². The topological polar surface area (TPSA) is 106 Å². The van der Waals surface area contributed by atoms with Crippen LogP contribution in [0, 0.1) is 34.0 Å². The minimum atomic E-state index is -0.932. The summed E-state index contributed by atoms with van der Waals surface area (Å²) in [5, 5.41) is 24.3. The molecule has 0 spiro atoms. The van der Waals surface area contributed by atoms with Gasteiger partial charge in [-0.2, -0.15) is 10.5 Å². The third-order valence-corrected chi connectivity index (χ3v) is 5.01. The van der Waals surface area contributed by atoms with Crippen molar-refractivity contribution < 1.29 is 9.59 Å². The van der Waals surface area contributed by atoms with E-state index in [4.69, 9.17) is 0 Å². The number of hydrogen-bond acceptors (Lipinski definition) is 5. The zero-order valence-corrected chi connectivity index (χ0v) is 14.8. The molecule has 1 aromatic carbocycles. The van der Waals surface area contributed by atoms with Gasteiger partial charge >= 0.3 is 0 Å². The molecule has 2 N–H and O–H groups in total. The quantitative estimate of drug-likeness (QED) is 0.842. The Bertz CT molecular complexity index is 788. The molecule has 0 radical (unpaired) electrons. The van der Waals surface area contributed by atoms with E-state index >= 15 is 0 Å². The van der Waals surface area contributed by atoms with Gasteiger partial charge < -0.3 is 10.6 Å². The molecule has 0 saturated carbocycles. The number of amides is 2. The Morgan fingerprint density at radius 1 is 1.32 bits per heavy atom. The van der Waals surface area contributed by atoms with E-state index < -0.39 is 17.2 Å². The second kappa shape index (κ2) is 7.87. The fraction of sp³-hybridized carbons (Fsp3) is 0.333. The summed E-state index contributed by atoms with van der Waals surface area (Å²) >= 11 is 1.10. The fourth-order valence-electron chi connectivity index (χ4n) is 2.52. The van der Waals surface area contributed by atoms with Crippen LogP contribution < -0.4 is 10.6 Å². The molecule has 0 bridgehead atoms. The minimum Gasteiger partial charge on any atom is -0.351 e. The monoisotopic (exact) mass is 354 g/mol. The standard InChI is InChI=1S/C18H18N4O2S/c1-18(2)13(8-19)16(24)22-17(14(18)9-20)25-11-15(23)21-10-12-6-4-3-5-7-12/h3-7,13H,10-11H2,1-2H3,(H,21,23)(H,22,24)/t13-/m1/s1. The van der Waals surface area contributed by atoms with Crippen molar-refractivity contribution in [3.05, 3.63) is 46.5 Å². The predicted octanol–water partition coefficient (Wildman–Crippen LogP) is 2.07. The highest BCUT2D eigenvalue weighted by Gasteiger charge is 2.44. The Hall–Kier alpha value is -2.77. The van der Waals surface area contributed by atoms with Crippen LogP contribution in [-0.4, -0.2) is 17.6 Å². The summed E-state index contributed by atoms with van der Waals surface area (Å²) in [6.45, 7) is 3.79. The third kappa shape index (κ3) is 4.20. The molecule has 1 aliphatic rings. The molecule has 2 rings (SSSR count). The normalized spacial score (nSPS) is 18.7. The number of hydrogen-bond donors (Lipinski definition) is 2. The average Bonchev–Trinajstić information content (AvgIpc) is 2.58. The highest BCUT2D eigenvalue weighted by atomic mass is 32.2. The molecule has 0 fully saturated rings. The Kier molecular flexibility index (Phi) is 5.84. The van der Waals surface area contributed by atoms with Crippen molar-refractivity contribution in [3.8, 4) is 12.1 Å². The van der Waals surface area contributed by atoms with E-state index in [2.05, 4.69) is 16.7 Å². The summed E-state index contributed by atoms with van der Waals surface area (Å²) in [7, 11) is 0. The van der Waals surface area contributed by atoms with E-state index in [1.54, 1.807) is 13.8 Å². The van der Waals surface area contributed by atoms with Crippen LogP contribution in [0.4, 0.5) is 0 Å². The van der Waals surface area contributed by atoms with E-state index in [0.29, 0.717) is 17.1 Å². The molecule has 1 aliphatic heterocycles. The summed E-state index contributed by atoms with van der Waals surface area (Å²) in [6.07, 6.45) is 0. The van der Waals surface area contributed by atoms with Crippen LogP contribution in [0.2, 0.25) is 0 Å². The van der Waals surface area contributed by atoms with Crippen LogP contribution in [0.1, 0.15) is 19.4 Å². The molecule has 6 nitrogen and oxygen atoms in total.